The zero-order valence-electron chi connectivity index (χ0n) is 13.9. The maximum atomic E-state index is 13.7. The summed E-state index contributed by atoms with van der Waals surface area (Å²) >= 11 is 0. The zero-order valence-corrected chi connectivity index (χ0v) is 13.9. The fraction of sp³-hybridized carbons (Fsp3) is 0.529. The summed E-state index contributed by atoms with van der Waals surface area (Å²) in [7, 11) is 0. The number of rotatable bonds is 5. The monoisotopic (exact) mass is 340 g/mol. The standard InChI is InChI=1S/C17H22F2N2O3/c1-11(2)16(17(23)21-6-8-24-9-7-21)20-14(22)10-12-4-3-5-13(18)15(12)19/h3-5,11,16H,6-10H2,1-2H3,(H,20,22). The third kappa shape index (κ3) is 4.50. The number of carbonyl (C=O) groups is 2. The van der Waals surface area contributed by atoms with Crippen molar-refractivity contribution < 1.29 is 23.1 Å². The third-order valence-corrected chi connectivity index (χ3v) is 3.95. The van der Waals surface area contributed by atoms with Crippen LogP contribution in [-0.2, 0) is 20.7 Å². The largest absolute Gasteiger partial charge is 0.378 e. The van der Waals surface area contributed by atoms with E-state index in [0.717, 1.165) is 6.07 Å². The van der Waals surface area contributed by atoms with Crippen LogP contribution in [0.5, 0.6) is 0 Å². The second kappa shape index (κ2) is 8.19. The van der Waals surface area contributed by atoms with Gasteiger partial charge in [-0.2, -0.15) is 0 Å². The Kier molecular flexibility index (Phi) is 6.25. The average Bonchev–Trinajstić information content (AvgIpc) is 2.57. The van der Waals surface area contributed by atoms with Crippen molar-refractivity contribution in [2.45, 2.75) is 26.3 Å². The lowest BCUT2D eigenvalue weighted by Crippen LogP contribution is -2.54. The molecule has 1 unspecified atom stereocenters. The van der Waals surface area contributed by atoms with E-state index >= 15 is 0 Å². The van der Waals surface area contributed by atoms with Gasteiger partial charge in [-0.3, -0.25) is 9.59 Å². The topological polar surface area (TPSA) is 58.6 Å². The lowest BCUT2D eigenvalue weighted by molar-refractivity contribution is -0.141. The molecule has 1 fully saturated rings. The van der Waals surface area contributed by atoms with Crippen molar-refractivity contribution in [3.8, 4) is 0 Å². The number of hydrogen-bond acceptors (Lipinski definition) is 3. The molecule has 2 amide bonds. The summed E-state index contributed by atoms with van der Waals surface area (Å²) in [5.74, 6) is -2.85. The van der Waals surface area contributed by atoms with Crippen LogP contribution in [0, 0.1) is 17.6 Å². The van der Waals surface area contributed by atoms with Crippen molar-refractivity contribution in [3.63, 3.8) is 0 Å². The highest BCUT2D eigenvalue weighted by atomic mass is 19.2. The minimum absolute atomic E-state index is 0.0335. The SMILES string of the molecule is CC(C)C(NC(=O)Cc1cccc(F)c1F)C(=O)N1CCOCC1. The quantitative estimate of drug-likeness (QED) is 0.884. The lowest BCUT2D eigenvalue weighted by Gasteiger charge is -2.32. The number of nitrogens with one attached hydrogen (secondary N) is 1. The Morgan fingerprint density at radius 2 is 1.92 bits per heavy atom. The Labute approximate surface area is 140 Å². The first-order chi connectivity index (χ1) is 11.4. The number of carbonyl (C=O) groups excluding carboxylic acids is 2. The lowest BCUT2D eigenvalue weighted by atomic mass is 10.0. The summed E-state index contributed by atoms with van der Waals surface area (Å²) in [6, 6.07) is 2.99. The first kappa shape index (κ1) is 18.3. The number of ether oxygens (including phenoxy) is 1. The normalized spacial score (nSPS) is 16.1. The molecule has 0 aliphatic carbocycles. The summed E-state index contributed by atoms with van der Waals surface area (Å²) in [6.07, 6.45) is -0.316. The van der Waals surface area contributed by atoms with Crippen molar-refractivity contribution in [3.05, 3.63) is 35.4 Å². The number of benzene rings is 1. The van der Waals surface area contributed by atoms with Crippen LogP contribution in [0.2, 0.25) is 0 Å². The summed E-state index contributed by atoms with van der Waals surface area (Å²) in [4.78, 5) is 26.4. The maximum Gasteiger partial charge on any atom is 0.245 e. The van der Waals surface area contributed by atoms with Crippen LogP contribution < -0.4 is 5.32 Å². The van der Waals surface area contributed by atoms with E-state index < -0.39 is 23.6 Å². The van der Waals surface area contributed by atoms with E-state index in [1.165, 1.54) is 12.1 Å². The highest BCUT2D eigenvalue weighted by Crippen LogP contribution is 2.13. The van der Waals surface area contributed by atoms with Gasteiger partial charge in [-0.15, -0.1) is 0 Å². The molecule has 7 heteroatoms. The average molecular weight is 340 g/mol. The Bertz CT molecular complexity index is 601. The Balaban J connectivity index is 2.02. The molecule has 2 rings (SSSR count). The Morgan fingerprint density at radius 1 is 1.25 bits per heavy atom. The van der Waals surface area contributed by atoms with Gasteiger partial charge in [0.05, 0.1) is 19.6 Å². The van der Waals surface area contributed by atoms with E-state index in [1.807, 2.05) is 13.8 Å². The molecule has 1 atom stereocenters. The zero-order chi connectivity index (χ0) is 17.7. The van der Waals surface area contributed by atoms with Crippen molar-refractivity contribution in [1.29, 1.82) is 0 Å². The molecule has 0 spiro atoms. The summed E-state index contributed by atoms with van der Waals surface area (Å²) in [6.45, 7) is 5.56. The molecule has 0 aromatic heterocycles. The van der Waals surface area contributed by atoms with Crippen molar-refractivity contribution >= 4 is 11.8 Å². The third-order valence-electron chi connectivity index (χ3n) is 3.95. The Hall–Kier alpha value is -2.02. The molecule has 1 aliphatic rings. The number of hydrogen-bond donors (Lipinski definition) is 1. The second-order valence-corrected chi connectivity index (χ2v) is 6.12. The molecule has 1 aliphatic heterocycles. The summed E-state index contributed by atoms with van der Waals surface area (Å²) in [5.41, 5.74) is -0.0335. The second-order valence-electron chi connectivity index (χ2n) is 6.12. The molecule has 1 aromatic rings. The van der Waals surface area contributed by atoms with Gasteiger partial charge in [0, 0.05) is 18.7 Å². The van der Waals surface area contributed by atoms with Crippen LogP contribution in [0.1, 0.15) is 19.4 Å². The molecule has 0 bridgehead atoms. The van der Waals surface area contributed by atoms with E-state index in [1.54, 1.807) is 4.90 Å². The van der Waals surface area contributed by atoms with Crippen LogP contribution in [0.15, 0.2) is 18.2 Å². The molecule has 0 radical (unpaired) electrons. The molecular formula is C17H22F2N2O3. The molecule has 24 heavy (non-hydrogen) atoms. The van der Waals surface area contributed by atoms with Gasteiger partial charge in [0.2, 0.25) is 11.8 Å². The number of amides is 2. The van der Waals surface area contributed by atoms with E-state index in [0.29, 0.717) is 26.3 Å². The molecule has 1 saturated heterocycles. The summed E-state index contributed by atoms with van der Waals surface area (Å²) < 4.78 is 32.1. The fourth-order valence-corrected chi connectivity index (χ4v) is 2.58. The van der Waals surface area contributed by atoms with E-state index in [9.17, 15) is 18.4 Å². The number of nitrogens with zero attached hydrogens (tertiary/aromatic N) is 1. The smallest absolute Gasteiger partial charge is 0.245 e. The van der Waals surface area contributed by atoms with E-state index in [4.69, 9.17) is 4.74 Å². The fourth-order valence-electron chi connectivity index (χ4n) is 2.58. The van der Waals surface area contributed by atoms with E-state index in [2.05, 4.69) is 5.32 Å². The number of morpholine rings is 1. The van der Waals surface area contributed by atoms with Crippen LogP contribution in [0.4, 0.5) is 8.78 Å². The van der Waals surface area contributed by atoms with Gasteiger partial charge in [0.1, 0.15) is 6.04 Å². The van der Waals surface area contributed by atoms with Crippen molar-refractivity contribution in [1.82, 2.24) is 10.2 Å². The van der Waals surface area contributed by atoms with Gasteiger partial charge in [-0.25, -0.2) is 8.78 Å². The van der Waals surface area contributed by atoms with E-state index in [-0.39, 0.29) is 23.8 Å². The first-order valence-corrected chi connectivity index (χ1v) is 7.99. The van der Waals surface area contributed by atoms with Gasteiger partial charge >= 0.3 is 0 Å². The minimum atomic E-state index is -1.03. The minimum Gasteiger partial charge on any atom is -0.378 e. The maximum absolute atomic E-state index is 13.7. The van der Waals surface area contributed by atoms with Crippen LogP contribution in [0.25, 0.3) is 0 Å². The predicted molar refractivity (Wildman–Crippen MR) is 84.2 cm³/mol. The summed E-state index contributed by atoms with van der Waals surface area (Å²) in [5, 5.41) is 2.65. The van der Waals surface area contributed by atoms with Gasteiger partial charge in [-0.05, 0) is 12.0 Å². The highest BCUT2D eigenvalue weighted by Gasteiger charge is 2.29. The van der Waals surface area contributed by atoms with Gasteiger partial charge < -0.3 is 15.0 Å². The molecule has 5 nitrogen and oxygen atoms in total. The molecular weight excluding hydrogens is 318 g/mol. The molecule has 1 aromatic carbocycles. The van der Waals surface area contributed by atoms with Gasteiger partial charge in [0.15, 0.2) is 11.6 Å². The van der Waals surface area contributed by atoms with Crippen LogP contribution >= 0.6 is 0 Å². The molecule has 0 saturated carbocycles. The molecule has 132 valence electrons. The number of halogens is 2. The Morgan fingerprint density at radius 3 is 2.54 bits per heavy atom. The molecule has 1 N–H and O–H groups in total. The van der Waals surface area contributed by atoms with Crippen molar-refractivity contribution in [2.75, 3.05) is 26.3 Å². The highest BCUT2D eigenvalue weighted by molar-refractivity contribution is 5.88. The van der Waals surface area contributed by atoms with Crippen LogP contribution in [0.3, 0.4) is 0 Å². The van der Waals surface area contributed by atoms with Crippen molar-refractivity contribution in [2.24, 2.45) is 5.92 Å². The predicted octanol–water partition coefficient (Wildman–Crippen LogP) is 1.51. The van der Waals surface area contributed by atoms with Crippen LogP contribution in [-0.4, -0.2) is 49.1 Å². The van der Waals surface area contributed by atoms with Gasteiger partial charge in [-0.1, -0.05) is 26.0 Å². The first-order valence-electron chi connectivity index (χ1n) is 7.99. The van der Waals surface area contributed by atoms with Gasteiger partial charge in [0.25, 0.3) is 0 Å². The molecule has 1 heterocycles.